The van der Waals surface area contributed by atoms with Crippen LogP contribution in [-0.2, 0) is 6.54 Å². The van der Waals surface area contributed by atoms with E-state index in [1.54, 1.807) is 38.3 Å². The second-order valence-electron chi connectivity index (χ2n) is 9.78. The number of piperazine rings is 1. The van der Waals surface area contributed by atoms with E-state index >= 15 is 0 Å². The Morgan fingerprint density at radius 1 is 0.950 bits per heavy atom. The van der Waals surface area contributed by atoms with Gasteiger partial charge in [0.05, 0.1) is 11.4 Å². The molecule has 5 rings (SSSR count). The summed E-state index contributed by atoms with van der Waals surface area (Å²) in [5.41, 5.74) is 3.56. The molecular weight excluding hydrogens is 526 g/mol. The lowest BCUT2D eigenvalue weighted by Crippen LogP contribution is -2.47. The summed E-state index contributed by atoms with van der Waals surface area (Å²) in [6.45, 7) is 5.07. The molecule has 0 radical (unpaired) electrons. The highest BCUT2D eigenvalue weighted by atomic mass is 35.5. The molecule has 0 spiro atoms. The average Bonchev–Trinajstić information content (AvgIpc) is 3.27. The van der Waals surface area contributed by atoms with Crippen LogP contribution in [0.5, 0.6) is 0 Å². The highest BCUT2D eigenvalue weighted by Gasteiger charge is 2.31. The number of carbonyl (C=O) groups excluding carboxylic acids is 2. The highest BCUT2D eigenvalue weighted by molar-refractivity contribution is 6.30. The van der Waals surface area contributed by atoms with Gasteiger partial charge in [-0.3, -0.25) is 18.7 Å². The van der Waals surface area contributed by atoms with Gasteiger partial charge in [-0.05, 0) is 43.2 Å². The molecule has 0 saturated carbocycles. The van der Waals surface area contributed by atoms with Crippen molar-refractivity contribution in [2.24, 2.45) is 0 Å². The molecule has 0 atom stereocenters. The number of benzene rings is 3. The van der Waals surface area contributed by atoms with E-state index in [1.165, 1.54) is 0 Å². The molecule has 4 aromatic rings. The van der Waals surface area contributed by atoms with E-state index in [4.69, 9.17) is 11.6 Å². The molecule has 0 aliphatic carbocycles. The molecule has 1 fully saturated rings. The maximum atomic E-state index is 14.2. The number of hydrogen-bond donors (Lipinski definition) is 2. The molecule has 2 amide bonds. The van der Waals surface area contributed by atoms with Crippen LogP contribution < -0.4 is 16.3 Å². The molecule has 1 aliphatic heterocycles. The number of para-hydroxylation sites is 1. The van der Waals surface area contributed by atoms with Gasteiger partial charge in [0.25, 0.3) is 11.8 Å². The third kappa shape index (κ3) is 5.73. The van der Waals surface area contributed by atoms with Gasteiger partial charge in [0.2, 0.25) is 0 Å². The number of nitrogens with one attached hydrogen (secondary N) is 2. The first-order valence-corrected chi connectivity index (χ1v) is 13.8. The van der Waals surface area contributed by atoms with Crippen molar-refractivity contribution >= 4 is 23.4 Å². The van der Waals surface area contributed by atoms with Crippen molar-refractivity contribution in [1.29, 1.82) is 0 Å². The Balaban J connectivity index is 1.54. The predicted octanol–water partition coefficient (Wildman–Crippen LogP) is 4.13. The van der Waals surface area contributed by atoms with E-state index in [9.17, 15) is 14.4 Å². The van der Waals surface area contributed by atoms with Crippen LogP contribution in [0.3, 0.4) is 0 Å². The quantitative estimate of drug-likeness (QED) is 0.319. The van der Waals surface area contributed by atoms with Gasteiger partial charge in [0, 0.05) is 55.4 Å². The fourth-order valence-corrected chi connectivity index (χ4v) is 5.25. The van der Waals surface area contributed by atoms with Gasteiger partial charge in [-0.2, -0.15) is 0 Å². The zero-order valence-electron chi connectivity index (χ0n) is 22.4. The molecule has 1 aliphatic rings. The van der Waals surface area contributed by atoms with Gasteiger partial charge in [-0.15, -0.1) is 0 Å². The van der Waals surface area contributed by atoms with Gasteiger partial charge in [-0.1, -0.05) is 66.2 Å². The smallest absolute Gasteiger partial charge is 0.333 e. The summed E-state index contributed by atoms with van der Waals surface area (Å²) < 4.78 is 3.23. The summed E-state index contributed by atoms with van der Waals surface area (Å²) in [5.74, 6) is -0.415. The molecule has 9 heteroatoms. The van der Waals surface area contributed by atoms with Crippen LogP contribution in [-0.4, -0.2) is 58.6 Å². The molecule has 8 nitrogen and oxygen atoms in total. The van der Waals surface area contributed by atoms with E-state index in [2.05, 4.69) is 10.6 Å². The van der Waals surface area contributed by atoms with Gasteiger partial charge < -0.3 is 15.5 Å². The summed E-state index contributed by atoms with van der Waals surface area (Å²) in [6, 6.07) is 24.0. The SMILES string of the molecule is Cc1ccccc1-n1c(-c2ccccc2)c(C(=O)N2CCNCC2)n(CCCNC(=O)c2cccc(Cl)c2)c1=O. The van der Waals surface area contributed by atoms with Crippen LogP contribution in [0.2, 0.25) is 5.02 Å². The summed E-state index contributed by atoms with van der Waals surface area (Å²) in [4.78, 5) is 42.7. The Morgan fingerprint density at radius 3 is 2.40 bits per heavy atom. The van der Waals surface area contributed by atoms with Crippen LogP contribution in [0, 0.1) is 6.92 Å². The summed E-state index contributed by atoms with van der Waals surface area (Å²) in [6.07, 6.45) is 0.458. The lowest BCUT2D eigenvalue weighted by molar-refractivity contribution is 0.0724. The normalized spacial score (nSPS) is 13.3. The minimum atomic E-state index is -0.284. The number of aryl methyl sites for hydroxylation is 1. The lowest BCUT2D eigenvalue weighted by atomic mass is 10.1. The average molecular weight is 558 g/mol. The number of halogens is 1. The van der Waals surface area contributed by atoms with Crippen LogP contribution in [0.1, 0.15) is 32.8 Å². The third-order valence-electron chi connectivity index (χ3n) is 7.08. The highest BCUT2D eigenvalue weighted by Crippen LogP contribution is 2.29. The zero-order valence-corrected chi connectivity index (χ0v) is 23.2. The number of rotatable bonds is 8. The van der Waals surface area contributed by atoms with Crippen molar-refractivity contribution in [3.63, 3.8) is 0 Å². The topological polar surface area (TPSA) is 88.4 Å². The maximum absolute atomic E-state index is 14.2. The molecule has 0 bridgehead atoms. The largest absolute Gasteiger partial charge is 0.352 e. The number of amides is 2. The summed E-state index contributed by atoms with van der Waals surface area (Å²) >= 11 is 6.03. The molecule has 0 unspecified atom stereocenters. The first-order chi connectivity index (χ1) is 19.5. The van der Waals surface area contributed by atoms with E-state index in [0.717, 1.165) is 16.8 Å². The molecule has 206 valence electrons. The van der Waals surface area contributed by atoms with Gasteiger partial charge in [0.1, 0.15) is 5.69 Å². The number of nitrogens with zero attached hydrogens (tertiary/aromatic N) is 3. The lowest BCUT2D eigenvalue weighted by Gasteiger charge is -2.28. The van der Waals surface area contributed by atoms with Crippen LogP contribution in [0.25, 0.3) is 16.9 Å². The first kappa shape index (κ1) is 27.4. The van der Waals surface area contributed by atoms with Crippen molar-refractivity contribution in [3.05, 3.63) is 111 Å². The van der Waals surface area contributed by atoms with E-state index in [-0.39, 0.29) is 24.0 Å². The van der Waals surface area contributed by atoms with Gasteiger partial charge >= 0.3 is 5.69 Å². The maximum Gasteiger partial charge on any atom is 0.333 e. The van der Waals surface area contributed by atoms with Crippen molar-refractivity contribution in [2.45, 2.75) is 19.9 Å². The van der Waals surface area contributed by atoms with Gasteiger partial charge in [-0.25, -0.2) is 4.79 Å². The second-order valence-corrected chi connectivity index (χ2v) is 10.2. The number of imidazole rings is 1. The van der Waals surface area contributed by atoms with E-state index < -0.39 is 0 Å². The second kappa shape index (κ2) is 12.4. The van der Waals surface area contributed by atoms with E-state index in [1.807, 2.05) is 61.5 Å². The number of carbonyl (C=O) groups is 2. The minimum absolute atomic E-state index is 0.173. The Labute approximate surface area is 238 Å². The Morgan fingerprint density at radius 2 is 1.68 bits per heavy atom. The zero-order chi connectivity index (χ0) is 28.1. The standard InChI is InChI=1S/C31H32ClN5O3/c1-22-9-5-6-14-26(22)37-27(23-10-3-2-4-11-23)28(30(39)35-19-16-33-17-20-35)36(31(37)40)18-8-15-34-29(38)24-12-7-13-25(32)21-24/h2-7,9-14,21,33H,8,15-20H2,1H3,(H,34,38). The fraction of sp³-hybridized carbons (Fsp3) is 0.258. The third-order valence-corrected chi connectivity index (χ3v) is 7.32. The minimum Gasteiger partial charge on any atom is -0.352 e. The molecule has 2 heterocycles. The Kier molecular flexibility index (Phi) is 8.48. The van der Waals surface area contributed by atoms with Crippen LogP contribution in [0.4, 0.5) is 0 Å². The first-order valence-electron chi connectivity index (χ1n) is 13.5. The Hall–Kier alpha value is -4.14. The van der Waals surface area contributed by atoms with Crippen molar-refractivity contribution in [1.82, 2.24) is 24.7 Å². The molecule has 40 heavy (non-hydrogen) atoms. The monoisotopic (exact) mass is 557 g/mol. The summed E-state index contributed by atoms with van der Waals surface area (Å²) in [7, 11) is 0. The molecule has 1 saturated heterocycles. The molecule has 2 N–H and O–H groups in total. The van der Waals surface area contributed by atoms with E-state index in [0.29, 0.717) is 61.1 Å². The Bertz CT molecular complexity index is 1570. The van der Waals surface area contributed by atoms with Crippen molar-refractivity contribution < 1.29 is 9.59 Å². The molecule has 3 aromatic carbocycles. The summed E-state index contributed by atoms with van der Waals surface area (Å²) in [5, 5.41) is 6.67. The molecular formula is C31H32ClN5O3. The van der Waals surface area contributed by atoms with Gasteiger partial charge in [0.15, 0.2) is 0 Å². The number of hydrogen-bond acceptors (Lipinski definition) is 4. The van der Waals surface area contributed by atoms with Crippen molar-refractivity contribution in [3.8, 4) is 16.9 Å². The number of aromatic nitrogens is 2. The predicted molar refractivity (Wildman–Crippen MR) is 157 cm³/mol. The van der Waals surface area contributed by atoms with Crippen molar-refractivity contribution in [2.75, 3.05) is 32.7 Å². The fourth-order valence-electron chi connectivity index (χ4n) is 5.06. The molecule has 1 aromatic heterocycles. The van der Waals surface area contributed by atoms with Crippen LogP contribution in [0.15, 0.2) is 83.7 Å². The van der Waals surface area contributed by atoms with Crippen LogP contribution >= 0.6 is 11.6 Å².